The van der Waals surface area contributed by atoms with Crippen LogP contribution < -0.4 is 5.32 Å². The van der Waals surface area contributed by atoms with Crippen LogP contribution in [-0.4, -0.2) is 242 Å². The number of carbonyl (C=O) groups is 9. The number of benzene rings is 2. The molecule has 4 aliphatic heterocycles. The van der Waals surface area contributed by atoms with Crippen molar-refractivity contribution in [3.8, 4) is 0 Å². The van der Waals surface area contributed by atoms with Gasteiger partial charge in [0, 0.05) is 117 Å². The van der Waals surface area contributed by atoms with Gasteiger partial charge < -0.3 is 68.2 Å². The van der Waals surface area contributed by atoms with Gasteiger partial charge in [0.05, 0.1) is 84.8 Å². The van der Waals surface area contributed by atoms with Gasteiger partial charge in [-0.2, -0.15) is 0 Å². The summed E-state index contributed by atoms with van der Waals surface area (Å²) in [5, 5.41) is 3.48. The first-order valence-electron chi connectivity index (χ1n) is 42.4. The number of ether oxygens (including phenoxy) is 5. The van der Waals surface area contributed by atoms with E-state index in [-0.39, 0.29) is 140 Å². The zero-order valence-electron chi connectivity index (χ0n) is 72.1. The van der Waals surface area contributed by atoms with Crippen molar-refractivity contribution < 1.29 is 95.5 Å². The molecule has 0 unspecified atom stereocenters. The van der Waals surface area contributed by atoms with Crippen LogP contribution in [0.5, 0.6) is 0 Å². The van der Waals surface area contributed by atoms with Crippen molar-refractivity contribution in [2.24, 2.45) is 59.2 Å². The standard InChI is InChI=1S/C46H74N3O11P.C41H66N3O9P/c1-12-29(4)41(47(9)44(53)35(28(2)3)26-38(51)42-32-20-21-33(24-32)49(42)45(54)60-46(6,7)8)39(58-10)27-40(52)48-22-16-19-36(48)43(59-11)30(5)37(50)25-34(61(55,56)57)23-31-17-14-13-15-18-31;1-9-26(4)39(43(6)41(48)32(25(2)3)23-35(46)38-29-17-18-30(21-29)42-38)36(52-7)24-37(47)44-19-13-16-33(44)40(53-8)27(5)34(45)22-31(54(49,50)51)20-28-14-11-10-12-15-28/h13-15,17-18,28-30,32-36,39,41-43H,12,16,19-27H2,1-11H3,(H2,55,56,57);10-12,14-15,25-27,29-33,36,38-40,42H,9,13,16-24H2,1-8H3,(H2,49,50,51)/t29-,30-,32-,33+,34+,35-,36-,39+,41-,42-,43+;26-,27-,29-,30+,31+,32-,33-,36+,38-,39-,40+/m00/s1. The molecule has 4 heterocycles. The molecule has 0 spiro atoms. The zero-order valence-corrected chi connectivity index (χ0v) is 73.9. The molecule has 6 fully saturated rings. The van der Waals surface area contributed by atoms with Crippen molar-refractivity contribution in [3.63, 3.8) is 0 Å². The van der Waals surface area contributed by atoms with Gasteiger partial charge in [-0.05, 0) is 144 Å². The number of fused-ring (bicyclic) bond motifs is 4. The quantitative estimate of drug-likeness (QED) is 0.0385. The van der Waals surface area contributed by atoms with E-state index >= 15 is 0 Å². The van der Waals surface area contributed by atoms with Crippen LogP contribution in [0.1, 0.15) is 217 Å². The Hall–Kier alpha value is -5.63. The third-order valence-corrected chi connectivity index (χ3v) is 29.1. The SMILES string of the molecule is CC[C@H](C)[C@@H]([C@@H](CC(=O)N1CCC[C@H]1[C@H](OC)[C@@H](C)C(=O)C[C@@H](Cc1ccccc1)P(=O)(O)O)OC)N(C)C(=O)[C@@H](CC(=O)[C@@H]1[C@H]2CC[C@H](C2)N1C(=O)OC(C)(C)C)C(C)C.CC[C@H](C)[C@@H]([C@@H](CC(=O)N1CCC[C@H]1[C@H](OC)[C@@H](C)C(=O)C[C@@H](Cc1ccccc1)P(=O)(O)O)OC)N(C)C(=O)[C@@H](CC(=O)[C@H]1N[C@@H]2CC[C@H]1C2)C(C)C. The molecule has 26 nitrogen and oxygen atoms in total. The minimum atomic E-state index is -4.63. The van der Waals surface area contributed by atoms with Crippen LogP contribution in [0.15, 0.2) is 60.7 Å². The van der Waals surface area contributed by atoms with Crippen LogP contribution in [0.3, 0.4) is 0 Å². The first-order valence-corrected chi connectivity index (χ1v) is 45.7. The maximum absolute atomic E-state index is 14.6. The third kappa shape index (κ3) is 25.0. The van der Waals surface area contributed by atoms with Gasteiger partial charge in [-0.1, -0.05) is 143 Å². The number of ketones is 4. The summed E-state index contributed by atoms with van der Waals surface area (Å²) in [5.74, 6) is -4.02. The summed E-state index contributed by atoms with van der Waals surface area (Å²) >= 11 is 0. The van der Waals surface area contributed by atoms with E-state index in [2.05, 4.69) is 12.2 Å². The largest absolute Gasteiger partial charge is 0.444 e. The fraction of sp³-hybridized carbons (Fsp3) is 0.759. The average molecular weight is 1650 g/mol. The molecule has 5 amide bonds. The molecule has 22 atom stereocenters. The molecular weight excluding hydrogens is 1510 g/mol. The molecule has 0 radical (unpaired) electrons. The average Bonchev–Trinajstić information content (AvgIpc) is 1.61. The van der Waals surface area contributed by atoms with E-state index < -0.39 is 117 Å². The summed E-state index contributed by atoms with van der Waals surface area (Å²) in [6.45, 7) is 25.7. The van der Waals surface area contributed by atoms with Crippen LogP contribution >= 0.6 is 15.2 Å². The van der Waals surface area contributed by atoms with Crippen LogP contribution in [0.25, 0.3) is 0 Å². The lowest BCUT2D eigenvalue weighted by atomic mass is 9.83. The second-order valence-electron chi connectivity index (χ2n) is 35.9. The molecule has 4 saturated heterocycles. The molecule has 6 aliphatic rings. The smallest absolute Gasteiger partial charge is 0.411 e. The van der Waals surface area contributed by atoms with Crippen molar-refractivity contribution in [1.82, 2.24) is 29.8 Å². The van der Waals surface area contributed by atoms with Crippen molar-refractivity contribution in [3.05, 3.63) is 71.8 Å². The Labute approximate surface area is 684 Å². The number of nitrogens with one attached hydrogen (secondary N) is 1. The summed E-state index contributed by atoms with van der Waals surface area (Å²) in [7, 11) is 0.336. The van der Waals surface area contributed by atoms with Crippen molar-refractivity contribution >= 4 is 68.0 Å². The molecule has 2 aliphatic carbocycles. The summed E-state index contributed by atoms with van der Waals surface area (Å²) in [4.78, 5) is 175. The van der Waals surface area contributed by atoms with Crippen molar-refractivity contribution in [1.29, 1.82) is 0 Å². The van der Waals surface area contributed by atoms with E-state index in [0.29, 0.717) is 57.2 Å². The highest BCUT2D eigenvalue weighted by Gasteiger charge is 2.54. The predicted octanol–water partition coefficient (Wildman–Crippen LogP) is 11.7. The van der Waals surface area contributed by atoms with Crippen LogP contribution in [0.2, 0.25) is 0 Å². The molecule has 2 saturated carbocycles. The van der Waals surface area contributed by atoms with Gasteiger partial charge >= 0.3 is 21.3 Å². The molecule has 8 rings (SSSR count). The lowest BCUT2D eigenvalue weighted by Crippen LogP contribution is -2.54. The van der Waals surface area contributed by atoms with E-state index in [1.807, 2.05) is 60.6 Å². The van der Waals surface area contributed by atoms with Gasteiger partial charge in [-0.3, -0.25) is 52.4 Å². The Bertz CT molecular complexity index is 3650. The third-order valence-electron chi connectivity index (χ3n) is 26.5. The topological polar surface area (TPSA) is 343 Å². The molecular formula is C87H140N6O20P2. The Kier molecular flexibility index (Phi) is 36.1. The number of Topliss-reactive ketones (excluding diaryl/α,β-unsaturated/α-hetero) is 4. The zero-order chi connectivity index (χ0) is 85.5. The van der Waals surface area contributed by atoms with Crippen LogP contribution in [0, 0.1) is 59.2 Å². The highest BCUT2D eigenvalue weighted by atomic mass is 31.2. The Morgan fingerprint density at radius 1 is 0.530 bits per heavy atom. The number of likely N-dealkylation sites (tertiary alicyclic amines) is 3. The molecule has 28 heteroatoms. The monoisotopic (exact) mass is 1650 g/mol. The van der Waals surface area contributed by atoms with Crippen molar-refractivity contribution in [2.75, 3.05) is 55.6 Å². The Balaban J connectivity index is 0.000000321. The number of methoxy groups -OCH3 is 4. The van der Waals surface area contributed by atoms with Gasteiger partial charge in [-0.25, -0.2) is 4.79 Å². The van der Waals surface area contributed by atoms with Crippen molar-refractivity contribution in [2.45, 2.75) is 308 Å². The Morgan fingerprint density at radius 3 is 1.29 bits per heavy atom. The minimum absolute atomic E-state index is 0.0100. The highest BCUT2D eigenvalue weighted by Crippen LogP contribution is 2.49. The molecule has 4 bridgehead atoms. The second kappa shape index (κ2) is 43.0. The van der Waals surface area contributed by atoms with E-state index in [0.717, 1.165) is 56.1 Å². The first kappa shape index (κ1) is 96.5. The molecule has 2 aromatic rings. The number of amides is 5. The van der Waals surface area contributed by atoms with Crippen LogP contribution in [0.4, 0.5) is 4.79 Å². The fourth-order valence-electron chi connectivity index (χ4n) is 19.5. The number of likely N-dealkylation sites (N-methyl/N-ethyl adjacent to an activating group) is 2. The molecule has 115 heavy (non-hydrogen) atoms. The van der Waals surface area contributed by atoms with E-state index in [1.54, 1.807) is 129 Å². The maximum atomic E-state index is 14.6. The summed E-state index contributed by atoms with van der Waals surface area (Å²) in [5.41, 5.74) is -1.62. The summed E-state index contributed by atoms with van der Waals surface area (Å²) in [6, 6.07) is 15.6. The normalized spacial score (nSPS) is 24.5. The van der Waals surface area contributed by atoms with Gasteiger partial charge in [0.1, 0.15) is 17.2 Å². The van der Waals surface area contributed by atoms with Gasteiger partial charge in [0.25, 0.3) is 0 Å². The maximum Gasteiger partial charge on any atom is 0.411 e. The summed E-state index contributed by atoms with van der Waals surface area (Å²) in [6.07, 6.45) is 6.01. The molecule has 0 aromatic heterocycles. The van der Waals surface area contributed by atoms with E-state index in [4.69, 9.17) is 23.7 Å². The number of rotatable bonds is 42. The molecule has 2 aromatic carbocycles. The van der Waals surface area contributed by atoms with Gasteiger partial charge in [0.2, 0.25) is 23.6 Å². The van der Waals surface area contributed by atoms with Gasteiger partial charge in [0.15, 0.2) is 11.6 Å². The first-order chi connectivity index (χ1) is 54.0. The lowest BCUT2D eigenvalue weighted by molar-refractivity contribution is -0.149. The second-order valence-corrected chi connectivity index (χ2v) is 39.7. The van der Waals surface area contributed by atoms with E-state index in [1.165, 1.54) is 21.3 Å². The van der Waals surface area contributed by atoms with E-state index in [9.17, 15) is 71.9 Å². The number of hydrogen-bond acceptors (Lipinski definition) is 17. The predicted molar refractivity (Wildman–Crippen MR) is 440 cm³/mol. The number of nitrogens with zero attached hydrogens (tertiary/aromatic N) is 5. The Morgan fingerprint density at radius 2 is 0.939 bits per heavy atom. The highest BCUT2D eigenvalue weighted by molar-refractivity contribution is 7.52. The minimum Gasteiger partial charge on any atom is -0.444 e. The van der Waals surface area contributed by atoms with Gasteiger partial charge in [-0.15, -0.1) is 0 Å². The molecule has 648 valence electrons. The fourth-order valence-corrected chi connectivity index (χ4v) is 21.3. The molecule has 5 N–H and O–H groups in total. The lowest BCUT2D eigenvalue weighted by Gasteiger charge is -2.41. The number of piperidine rings is 2. The van der Waals surface area contributed by atoms with Crippen LogP contribution in [-0.2, 0) is 84.0 Å². The summed E-state index contributed by atoms with van der Waals surface area (Å²) < 4.78 is 54.6. The number of carbonyl (C=O) groups excluding carboxylic acids is 9. The number of hydrogen-bond donors (Lipinski definition) is 5.